The second-order valence-corrected chi connectivity index (χ2v) is 14.2. The third kappa shape index (κ3) is 2.09. The van der Waals surface area contributed by atoms with Crippen molar-refractivity contribution in [3.05, 3.63) is 34.2 Å². The minimum atomic E-state index is -2.09. The number of methoxy groups -OCH3 is 2. The monoisotopic (exact) mass is 294 g/mol. The average Bonchev–Trinajstić information content (AvgIpc) is 2.52. The first-order valence-electron chi connectivity index (χ1n) is 5.93. The van der Waals surface area contributed by atoms with Crippen molar-refractivity contribution in [2.75, 3.05) is 27.4 Å². The van der Waals surface area contributed by atoms with Gasteiger partial charge in [-0.2, -0.15) is 0 Å². The molecule has 0 radical (unpaired) electrons. The van der Waals surface area contributed by atoms with Crippen LogP contribution in [0.3, 0.4) is 0 Å². The zero-order chi connectivity index (χ0) is 12.5. The van der Waals surface area contributed by atoms with Gasteiger partial charge in [-0.05, 0) is 0 Å². The SMILES string of the molecule is COCC1=[C](COC)[Ge]([CH3])([CH3])[c]2ccccc21. The number of hydrogen-bond donors (Lipinski definition) is 0. The number of benzene rings is 1. The molecule has 0 spiro atoms. The Balaban J connectivity index is 2.56. The molecule has 1 aliphatic rings. The molecule has 0 aromatic heterocycles. The second kappa shape index (κ2) is 4.96. The van der Waals surface area contributed by atoms with E-state index in [1.807, 2.05) is 0 Å². The van der Waals surface area contributed by atoms with E-state index in [1.165, 1.54) is 15.5 Å². The molecule has 0 aliphatic carbocycles. The molecule has 1 aliphatic heterocycles. The van der Waals surface area contributed by atoms with Gasteiger partial charge in [-0.3, -0.25) is 0 Å². The molecule has 1 aromatic rings. The third-order valence-electron chi connectivity index (χ3n) is 3.62. The summed E-state index contributed by atoms with van der Waals surface area (Å²) in [4.78, 5) is 0. The first kappa shape index (κ1) is 12.9. The van der Waals surface area contributed by atoms with E-state index < -0.39 is 13.3 Å². The fourth-order valence-corrected chi connectivity index (χ4v) is 9.45. The van der Waals surface area contributed by atoms with Crippen LogP contribution in [-0.2, 0) is 9.47 Å². The zero-order valence-electron chi connectivity index (χ0n) is 11.0. The molecule has 2 nitrogen and oxygen atoms in total. The van der Waals surface area contributed by atoms with Gasteiger partial charge in [0.1, 0.15) is 0 Å². The van der Waals surface area contributed by atoms with Crippen LogP contribution in [0.15, 0.2) is 28.7 Å². The van der Waals surface area contributed by atoms with Gasteiger partial charge in [-0.25, -0.2) is 0 Å². The predicted octanol–water partition coefficient (Wildman–Crippen LogP) is 2.20. The first-order valence-corrected chi connectivity index (χ1v) is 12.2. The van der Waals surface area contributed by atoms with Crippen molar-refractivity contribution in [2.24, 2.45) is 0 Å². The topological polar surface area (TPSA) is 18.5 Å². The summed E-state index contributed by atoms with van der Waals surface area (Å²) in [6.45, 7) is 1.45. The molecule has 1 aromatic carbocycles. The Morgan fingerprint density at radius 1 is 1.00 bits per heavy atom. The van der Waals surface area contributed by atoms with Crippen LogP contribution < -0.4 is 4.40 Å². The Kier molecular flexibility index (Phi) is 3.76. The van der Waals surface area contributed by atoms with Gasteiger partial charge < -0.3 is 0 Å². The van der Waals surface area contributed by atoms with E-state index >= 15 is 0 Å². The van der Waals surface area contributed by atoms with Crippen LogP contribution in [0.4, 0.5) is 0 Å². The summed E-state index contributed by atoms with van der Waals surface area (Å²) in [5.41, 5.74) is 2.77. The fourth-order valence-electron chi connectivity index (χ4n) is 2.71. The summed E-state index contributed by atoms with van der Waals surface area (Å²) in [5.74, 6) is 4.88. The van der Waals surface area contributed by atoms with Crippen LogP contribution in [0.25, 0.3) is 5.57 Å². The first-order chi connectivity index (χ1) is 8.12. The van der Waals surface area contributed by atoms with E-state index in [9.17, 15) is 0 Å². The van der Waals surface area contributed by atoms with Gasteiger partial charge in [0.05, 0.1) is 0 Å². The Hall–Kier alpha value is -0.577. The number of rotatable bonds is 4. The third-order valence-corrected chi connectivity index (χ3v) is 11.5. The van der Waals surface area contributed by atoms with E-state index in [0.717, 1.165) is 6.61 Å². The maximum atomic E-state index is 5.40. The fraction of sp³-hybridized carbons (Fsp3) is 0.429. The van der Waals surface area contributed by atoms with Crippen LogP contribution in [0, 0.1) is 0 Å². The molecule has 0 unspecified atom stereocenters. The molecule has 17 heavy (non-hydrogen) atoms. The van der Waals surface area contributed by atoms with E-state index in [0.29, 0.717) is 6.61 Å². The maximum absolute atomic E-state index is 5.40. The summed E-state index contributed by atoms with van der Waals surface area (Å²) in [5, 5.41) is 0. The van der Waals surface area contributed by atoms with Crippen LogP contribution in [0.1, 0.15) is 5.56 Å². The number of ether oxygens (including phenoxy) is 2. The summed E-state index contributed by atoms with van der Waals surface area (Å²) in [7, 11) is 3.54. The van der Waals surface area contributed by atoms with Gasteiger partial charge in [0.25, 0.3) is 0 Å². The molecular formula is C14H20GeO2. The predicted molar refractivity (Wildman–Crippen MR) is 74.2 cm³/mol. The van der Waals surface area contributed by atoms with Crippen molar-refractivity contribution in [1.29, 1.82) is 0 Å². The van der Waals surface area contributed by atoms with E-state index in [1.54, 1.807) is 18.6 Å². The van der Waals surface area contributed by atoms with Gasteiger partial charge >= 0.3 is 106 Å². The van der Waals surface area contributed by atoms with Crippen LogP contribution >= 0.6 is 0 Å². The molecule has 0 amide bonds. The summed E-state index contributed by atoms with van der Waals surface area (Å²) in [6.07, 6.45) is 0. The molecular weight excluding hydrogens is 273 g/mol. The van der Waals surface area contributed by atoms with Crippen LogP contribution in [0.2, 0.25) is 11.5 Å². The normalized spacial score (nSPS) is 17.4. The minimum absolute atomic E-state index is 0.699. The summed E-state index contributed by atoms with van der Waals surface area (Å²) in [6, 6.07) is 8.77. The van der Waals surface area contributed by atoms with E-state index in [2.05, 4.69) is 35.8 Å². The molecule has 92 valence electrons. The Morgan fingerprint density at radius 3 is 2.29 bits per heavy atom. The van der Waals surface area contributed by atoms with Crippen molar-refractivity contribution in [3.63, 3.8) is 0 Å². The van der Waals surface area contributed by atoms with Gasteiger partial charge in [0, 0.05) is 0 Å². The van der Waals surface area contributed by atoms with Gasteiger partial charge in [0.2, 0.25) is 0 Å². The number of hydrogen-bond acceptors (Lipinski definition) is 2. The van der Waals surface area contributed by atoms with Gasteiger partial charge in [-0.1, -0.05) is 0 Å². The summed E-state index contributed by atoms with van der Waals surface area (Å²) >= 11 is -2.09. The van der Waals surface area contributed by atoms with Gasteiger partial charge in [-0.15, -0.1) is 0 Å². The van der Waals surface area contributed by atoms with Crippen molar-refractivity contribution >= 4 is 23.2 Å². The van der Waals surface area contributed by atoms with Crippen molar-refractivity contribution in [2.45, 2.75) is 11.5 Å². The molecule has 0 bridgehead atoms. The van der Waals surface area contributed by atoms with E-state index in [4.69, 9.17) is 9.47 Å². The summed E-state index contributed by atoms with van der Waals surface area (Å²) < 4.78 is 13.9. The number of fused-ring (bicyclic) bond motifs is 1. The quantitative estimate of drug-likeness (QED) is 0.792. The molecule has 3 heteroatoms. The van der Waals surface area contributed by atoms with Crippen LogP contribution in [-0.4, -0.2) is 40.7 Å². The Bertz CT molecular complexity index is 449. The van der Waals surface area contributed by atoms with E-state index in [-0.39, 0.29) is 0 Å². The Labute approximate surface area is 106 Å². The van der Waals surface area contributed by atoms with Crippen molar-refractivity contribution in [1.82, 2.24) is 0 Å². The molecule has 0 saturated carbocycles. The van der Waals surface area contributed by atoms with Gasteiger partial charge in [0.15, 0.2) is 0 Å². The molecule has 0 atom stereocenters. The molecule has 2 rings (SSSR count). The van der Waals surface area contributed by atoms with Crippen molar-refractivity contribution in [3.8, 4) is 0 Å². The second-order valence-electron chi connectivity index (χ2n) is 4.99. The van der Waals surface area contributed by atoms with Crippen LogP contribution in [0.5, 0.6) is 0 Å². The Morgan fingerprint density at radius 2 is 1.65 bits per heavy atom. The average molecular weight is 293 g/mol. The molecule has 0 N–H and O–H groups in total. The zero-order valence-corrected chi connectivity index (χ0v) is 13.1. The molecule has 1 heterocycles. The molecule has 0 saturated heterocycles. The molecule has 0 fully saturated rings. The standard InChI is InChI=1S/C14H20GeO2/c1-15(2)13-8-6-5-7-11(13)12(9-16-3)14(15)10-17-4/h5-8H,9-10H2,1-4H3. The van der Waals surface area contributed by atoms with Crippen molar-refractivity contribution < 1.29 is 9.47 Å².